The third kappa shape index (κ3) is 3.23. The summed E-state index contributed by atoms with van der Waals surface area (Å²) in [6.45, 7) is 4.24. The van der Waals surface area contributed by atoms with Gasteiger partial charge in [-0.25, -0.2) is 0 Å². The van der Waals surface area contributed by atoms with Gasteiger partial charge in [0.25, 0.3) is 0 Å². The lowest BCUT2D eigenvalue weighted by molar-refractivity contribution is 0.0910. The van der Waals surface area contributed by atoms with Crippen molar-refractivity contribution in [2.45, 2.75) is 26.7 Å². The molecule has 1 aliphatic rings. The standard InChI is InChI=1S/C23H22N2O2/c1-23(2)13-19-16(20(26)14-23)7-8-18(25-19)17-5-4-6-21(27-3)22(17)15-9-11-24-12-10-15/h4-12H,13-14H2,1-3H3. The van der Waals surface area contributed by atoms with E-state index in [1.807, 2.05) is 42.5 Å². The Balaban J connectivity index is 1.89. The van der Waals surface area contributed by atoms with E-state index in [0.29, 0.717) is 6.42 Å². The van der Waals surface area contributed by atoms with Crippen LogP contribution in [0.4, 0.5) is 0 Å². The Kier molecular flexibility index (Phi) is 4.27. The maximum absolute atomic E-state index is 12.5. The van der Waals surface area contributed by atoms with Gasteiger partial charge >= 0.3 is 0 Å². The van der Waals surface area contributed by atoms with Gasteiger partial charge in [0.2, 0.25) is 0 Å². The average Bonchev–Trinajstić information content (AvgIpc) is 2.66. The number of pyridine rings is 2. The van der Waals surface area contributed by atoms with E-state index >= 15 is 0 Å². The molecule has 136 valence electrons. The lowest BCUT2D eigenvalue weighted by atomic mass is 9.75. The Morgan fingerprint density at radius 3 is 2.48 bits per heavy atom. The summed E-state index contributed by atoms with van der Waals surface area (Å²) in [6, 6.07) is 13.8. The Labute approximate surface area is 159 Å². The molecule has 2 aromatic heterocycles. The van der Waals surface area contributed by atoms with Crippen molar-refractivity contribution < 1.29 is 9.53 Å². The molecule has 0 amide bonds. The fourth-order valence-electron chi connectivity index (χ4n) is 3.82. The Bertz CT molecular complexity index is 1010. The molecule has 0 aliphatic heterocycles. The fourth-order valence-corrected chi connectivity index (χ4v) is 3.82. The number of methoxy groups -OCH3 is 1. The van der Waals surface area contributed by atoms with Crippen LogP contribution in [-0.2, 0) is 6.42 Å². The number of ether oxygens (including phenoxy) is 1. The first kappa shape index (κ1) is 17.4. The van der Waals surface area contributed by atoms with Crippen LogP contribution in [0.15, 0.2) is 54.9 Å². The van der Waals surface area contributed by atoms with Gasteiger partial charge in [-0.15, -0.1) is 0 Å². The number of ketones is 1. The van der Waals surface area contributed by atoms with Crippen LogP contribution in [0.25, 0.3) is 22.4 Å². The second kappa shape index (κ2) is 6.62. The number of benzene rings is 1. The van der Waals surface area contributed by atoms with E-state index in [9.17, 15) is 4.79 Å². The van der Waals surface area contributed by atoms with Crippen molar-refractivity contribution in [3.63, 3.8) is 0 Å². The summed E-state index contributed by atoms with van der Waals surface area (Å²) in [7, 11) is 1.67. The highest BCUT2D eigenvalue weighted by molar-refractivity contribution is 5.99. The Morgan fingerprint density at radius 2 is 1.74 bits per heavy atom. The van der Waals surface area contributed by atoms with E-state index in [0.717, 1.165) is 45.8 Å². The van der Waals surface area contributed by atoms with E-state index in [-0.39, 0.29) is 11.2 Å². The summed E-state index contributed by atoms with van der Waals surface area (Å²) in [6.07, 6.45) is 4.92. The highest BCUT2D eigenvalue weighted by Gasteiger charge is 2.32. The second-order valence-corrected chi connectivity index (χ2v) is 7.75. The van der Waals surface area contributed by atoms with E-state index in [1.165, 1.54) is 0 Å². The van der Waals surface area contributed by atoms with Gasteiger partial charge in [0.1, 0.15) is 5.75 Å². The quantitative estimate of drug-likeness (QED) is 0.663. The molecule has 1 aromatic carbocycles. The van der Waals surface area contributed by atoms with Crippen LogP contribution < -0.4 is 4.74 Å². The van der Waals surface area contributed by atoms with Crippen LogP contribution in [-0.4, -0.2) is 22.9 Å². The van der Waals surface area contributed by atoms with Gasteiger partial charge in [-0.1, -0.05) is 26.0 Å². The molecular formula is C23H22N2O2. The molecule has 4 heteroatoms. The minimum absolute atomic E-state index is 0.0575. The number of Topliss-reactive ketones (excluding diaryl/α,β-unsaturated/α-hetero) is 1. The van der Waals surface area contributed by atoms with E-state index < -0.39 is 0 Å². The molecule has 0 radical (unpaired) electrons. The molecule has 0 fully saturated rings. The Hall–Kier alpha value is -3.01. The monoisotopic (exact) mass is 358 g/mol. The lowest BCUT2D eigenvalue weighted by Crippen LogP contribution is -2.27. The molecule has 27 heavy (non-hydrogen) atoms. The van der Waals surface area contributed by atoms with Crippen molar-refractivity contribution in [3.8, 4) is 28.1 Å². The lowest BCUT2D eigenvalue weighted by Gasteiger charge is -2.29. The molecule has 3 aromatic rings. The van der Waals surface area contributed by atoms with Crippen LogP contribution in [0.5, 0.6) is 5.75 Å². The number of nitrogens with zero attached hydrogens (tertiary/aromatic N) is 2. The minimum Gasteiger partial charge on any atom is -0.496 e. The summed E-state index contributed by atoms with van der Waals surface area (Å²) >= 11 is 0. The maximum atomic E-state index is 12.5. The van der Waals surface area contributed by atoms with Gasteiger partial charge in [-0.2, -0.15) is 0 Å². The number of hydrogen-bond acceptors (Lipinski definition) is 4. The molecule has 0 saturated carbocycles. The molecule has 1 aliphatic carbocycles. The van der Waals surface area contributed by atoms with Crippen molar-refractivity contribution in [2.75, 3.05) is 7.11 Å². The first-order valence-corrected chi connectivity index (χ1v) is 9.09. The maximum Gasteiger partial charge on any atom is 0.165 e. The molecule has 4 nitrogen and oxygen atoms in total. The first-order chi connectivity index (χ1) is 13.0. The van der Waals surface area contributed by atoms with Crippen LogP contribution in [0.2, 0.25) is 0 Å². The van der Waals surface area contributed by atoms with Crippen LogP contribution in [0, 0.1) is 5.41 Å². The zero-order chi connectivity index (χ0) is 19.0. The summed E-state index contributed by atoms with van der Waals surface area (Å²) < 4.78 is 5.62. The molecule has 0 saturated heterocycles. The SMILES string of the molecule is COc1cccc(-c2ccc3c(n2)CC(C)(C)CC3=O)c1-c1ccncc1. The highest BCUT2D eigenvalue weighted by atomic mass is 16.5. The topological polar surface area (TPSA) is 52.1 Å². The molecular weight excluding hydrogens is 336 g/mol. The zero-order valence-corrected chi connectivity index (χ0v) is 15.8. The first-order valence-electron chi connectivity index (χ1n) is 9.09. The van der Waals surface area contributed by atoms with Crippen LogP contribution in [0.1, 0.15) is 36.3 Å². The van der Waals surface area contributed by atoms with E-state index in [4.69, 9.17) is 9.72 Å². The summed E-state index contributed by atoms with van der Waals surface area (Å²) in [5, 5.41) is 0. The molecule has 0 N–H and O–H groups in total. The summed E-state index contributed by atoms with van der Waals surface area (Å²) in [4.78, 5) is 21.5. The van der Waals surface area contributed by atoms with Gasteiger partial charge < -0.3 is 4.74 Å². The van der Waals surface area contributed by atoms with Crippen LogP contribution >= 0.6 is 0 Å². The van der Waals surface area contributed by atoms with Crippen LogP contribution in [0.3, 0.4) is 0 Å². The molecule has 4 rings (SSSR count). The van der Waals surface area contributed by atoms with Gasteiger partial charge in [0, 0.05) is 35.5 Å². The number of aromatic nitrogens is 2. The molecule has 2 heterocycles. The number of fused-ring (bicyclic) bond motifs is 1. The van der Waals surface area contributed by atoms with Crippen molar-refractivity contribution >= 4 is 5.78 Å². The fraction of sp³-hybridized carbons (Fsp3) is 0.261. The number of hydrogen-bond donors (Lipinski definition) is 0. The van der Waals surface area contributed by atoms with Crippen molar-refractivity contribution in [1.29, 1.82) is 0 Å². The number of carbonyl (C=O) groups excluding carboxylic acids is 1. The highest BCUT2D eigenvalue weighted by Crippen LogP contribution is 2.40. The van der Waals surface area contributed by atoms with E-state index in [1.54, 1.807) is 19.5 Å². The largest absolute Gasteiger partial charge is 0.496 e. The van der Waals surface area contributed by atoms with E-state index in [2.05, 4.69) is 18.8 Å². The number of carbonyl (C=O) groups is 1. The average molecular weight is 358 g/mol. The third-order valence-electron chi connectivity index (χ3n) is 5.05. The van der Waals surface area contributed by atoms with Gasteiger partial charge in [0.05, 0.1) is 18.5 Å². The molecule has 0 spiro atoms. The predicted molar refractivity (Wildman–Crippen MR) is 106 cm³/mol. The number of rotatable bonds is 3. The molecule has 0 unspecified atom stereocenters. The van der Waals surface area contributed by atoms with Gasteiger partial charge in [0.15, 0.2) is 5.78 Å². The van der Waals surface area contributed by atoms with Gasteiger partial charge in [-0.05, 0) is 47.7 Å². The second-order valence-electron chi connectivity index (χ2n) is 7.75. The molecule has 0 atom stereocenters. The van der Waals surface area contributed by atoms with Gasteiger partial charge in [-0.3, -0.25) is 14.8 Å². The van der Waals surface area contributed by atoms with Crippen molar-refractivity contribution in [3.05, 3.63) is 66.1 Å². The van der Waals surface area contributed by atoms with Crippen molar-refractivity contribution in [2.24, 2.45) is 5.41 Å². The summed E-state index contributed by atoms with van der Waals surface area (Å²) in [5.74, 6) is 0.968. The normalized spacial score (nSPS) is 15.3. The smallest absolute Gasteiger partial charge is 0.165 e. The Morgan fingerprint density at radius 1 is 0.963 bits per heavy atom. The minimum atomic E-state index is -0.0575. The predicted octanol–water partition coefficient (Wildman–Crippen LogP) is 4.97. The third-order valence-corrected chi connectivity index (χ3v) is 5.05. The summed E-state index contributed by atoms with van der Waals surface area (Å²) in [5.41, 5.74) is 5.43. The molecule has 0 bridgehead atoms. The zero-order valence-electron chi connectivity index (χ0n) is 15.8. The van der Waals surface area contributed by atoms with Crippen molar-refractivity contribution in [1.82, 2.24) is 9.97 Å².